The monoisotopic (exact) mass is 246 g/mol. The van der Waals surface area contributed by atoms with E-state index in [9.17, 15) is 0 Å². The highest BCUT2D eigenvalue weighted by Crippen LogP contribution is 2.04. The van der Waals surface area contributed by atoms with Crippen LogP contribution < -0.4 is 0 Å². The zero-order chi connectivity index (χ0) is 13.3. The summed E-state index contributed by atoms with van der Waals surface area (Å²) in [6.07, 6.45) is 16.9. The molecule has 0 aromatic rings. The van der Waals surface area contributed by atoms with Gasteiger partial charge in [0.25, 0.3) is 0 Å². The van der Waals surface area contributed by atoms with E-state index in [1.807, 2.05) is 0 Å². The summed E-state index contributed by atoms with van der Waals surface area (Å²) in [7, 11) is 0. The molecule has 0 amide bonds. The molecule has 0 aliphatic rings. The van der Waals surface area contributed by atoms with Crippen molar-refractivity contribution in [1.82, 2.24) is 0 Å². The van der Waals surface area contributed by atoms with E-state index in [-0.39, 0.29) is 0 Å². The summed E-state index contributed by atoms with van der Waals surface area (Å²) in [4.78, 5) is 0. The van der Waals surface area contributed by atoms with Crippen LogP contribution in [0.4, 0.5) is 0 Å². The molecule has 0 fully saturated rings. The van der Waals surface area contributed by atoms with Gasteiger partial charge in [-0.05, 0) is 12.8 Å². The van der Waals surface area contributed by atoms with Crippen LogP contribution in [0.3, 0.4) is 0 Å². The van der Waals surface area contributed by atoms with Crippen LogP contribution in [0.25, 0.3) is 0 Å². The van der Waals surface area contributed by atoms with E-state index >= 15 is 0 Å². The van der Waals surface area contributed by atoms with Crippen LogP contribution in [-0.4, -0.2) is 26.4 Å². The molecule has 0 spiro atoms. The predicted molar refractivity (Wildman–Crippen MR) is 74.8 cm³/mol. The Morgan fingerprint density at radius 3 is 2.11 bits per heavy atom. The number of terminal acetylenes is 2. The highest BCUT2D eigenvalue weighted by atomic mass is 16.5. The van der Waals surface area contributed by atoms with Crippen molar-refractivity contribution in [3.8, 4) is 36.5 Å². The van der Waals surface area contributed by atoms with Crippen molar-refractivity contribution in [1.29, 1.82) is 0 Å². The van der Waals surface area contributed by atoms with Gasteiger partial charge in [0.05, 0.1) is 0 Å². The molecule has 0 atom stereocenters. The van der Waals surface area contributed by atoms with E-state index < -0.39 is 0 Å². The van der Waals surface area contributed by atoms with Gasteiger partial charge in [-0.2, -0.15) is 0 Å². The molecule has 0 bridgehead atoms. The van der Waals surface area contributed by atoms with Crippen LogP contribution >= 0.6 is 0 Å². The van der Waals surface area contributed by atoms with Crippen molar-refractivity contribution in [2.45, 2.75) is 38.5 Å². The zero-order valence-electron chi connectivity index (χ0n) is 11.0. The Balaban J connectivity index is 3.07. The summed E-state index contributed by atoms with van der Waals surface area (Å²) < 4.78 is 10.2. The Labute approximate surface area is 111 Å². The Morgan fingerprint density at radius 2 is 1.33 bits per heavy atom. The Bertz CT molecular complexity index is 309. The van der Waals surface area contributed by atoms with Gasteiger partial charge in [-0.3, -0.25) is 0 Å². The number of ether oxygens (including phenoxy) is 2. The van der Waals surface area contributed by atoms with E-state index in [2.05, 4.69) is 23.7 Å². The van der Waals surface area contributed by atoms with Crippen molar-refractivity contribution in [2.24, 2.45) is 0 Å². The maximum Gasteiger partial charge on any atom is 0.109 e. The van der Waals surface area contributed by atoms with Gasteiger partial charge in [0.1, 0.15) is 19.8 Å². The highest BCUT2D eigenvalue weighted by Gasteiger charge is 1.90. The average Bonchev–Trinajstić information content (AvgIpc) is 2.39. The standard InChI is InChI=1S/C16H22O2/c1-3-13-17-15-11-9-7-5-6-8-10-12-16-18-14-4-2/h1-2H,5-9,11,13-16H2. The molecule has 0 aliphatic heterocycles. The van der Waals surface area contributed by atoms with Crippen molar-refractivity contribution in [3.63, 3.8) is 0 Å². The summed E-state index contributed by atoms with van der Waals surface area (Å²) in [6, 6.07) is 0. The van der Waals surface area contributed by atoms with Crippen LogP contribution in [-0.2, 0) is 9.47 Å². The van der Waals surface area contributed by atoms with E-state index in [0.717, 1.165) is 25.9 Å². The lowest BCUT2D eigenvalue weighted by Gasteiger charge is -2.00. The van der Waals surface area contributed by atoms with Crippen molar-refractivity contribution in [2.75, 3.05) is 26.4 Å². The van der Waals surface area contributed by atoms with Gasteiger partial charge in [0.2, 0.25) is 0 Å². The SMILES string of the molecule is C#CCOCC#CCCCCCCCOCC#C. The van der Waals surface area contributed by atoms with E-state index in [4.69, 9.17) is 22.3 Å². The largest absolute Gasteiger partial charge is 0.369 e. The highest BCUT2D eigenvalue weighted by molar-refractivity contribution is 4.99. The smallest absolute Gasteiger partial charge is 0.109 e. The Hall–Kier alpha value is -1.40. The summed E-state index contributed by atoms with van der Waals surface area (Å²) in [5.74, 6) is 10.9. The van der Waals surface area contributed by atoms with Crippen molar-refractivity contribution in [3.05, 3.63) is 0 Å². The van der Waals surface area contributed by atoms with Crippen molar-refractivity contribution < 1.29 is 9.47 Å². The number of unbranched alkanes of at least 4 members (excludes halogenated alkanes) is 5. The first-order valence-electron chi connectivity index (χ1n) is 6.40. The van der Waals surface area contributed by atoms with Crippen LogP contribution in [0.2, 0.25) is 0 Å². The fraction of sp³-hybridized carbons (Fsp3) is 0.625. The molecule has 2 nitrogen and oxygen atoms in total. The van der Waals surface area contributed by atoms with Gasteiger partial charge in [0.15, 0.2) is 0 Å². The second-order valence-electron chi connectivity index (χ2n) is 3.82. The molecular weight excluding hydrogens is 224 g/mol. The first-order chi connectivity index (χ1) is 8.91. The molecule has 0 aromatic carbocycles. The molecule has 0 saturated carbocycles. The van der Waals surface area contributed by atoms with Gasteiger partial charge in [0, 0.05) is 13.0 Å². The fourth-order valence-electron chi connectivity index (χ4n) is 1.38. The molecule has 0 saturated heterocycles. The predicted octanol–water partition coefficient (Wildman–Crippen LogP) is 2.63. The summed E-state index contributed by atoms with van der Waals surface area (Å²) in [5.41, 5.74) is 0. The minimum Gasteiger partial charge on any atom is -0.369 e. The van der Waals surface area contributed by atoms with Crippen LogP contribution in [0.15, 0.2) is 0 Å². The lowest BCUT2D eigenvalue weighted by molar-refractivity contribution is 0.162. The molecule has 0 radical (unpaired) electrons. The molecule has 2 heteroatoms. The lowest BCUT2D eigenvalue weighted by Crippen LogP contribution is -1.94. The third-order valence-electron chi connectivity index (χ3n) is 2.26. The molecule has 0 unspecified atom stereocenters. The molecule has 18 heavy (non-hydrogen) atoms. The van der Waals surface area contributed by atoms with Crippen LogP contribution in [0.1, 0.15) is 38.5 Å². The average molecular weight is 246 g/mol. The number of hydrogen-bond donors (Lipinski definition) is 0. The number of hydrogen-bond acceptors (Lipinski definition) is 2. The van der Waals surface area contributed by atoms with E-state index in [1.54, 1.807) is 0 Å². The second kappa shape index (κ2) is 15.6. The van der Waals surface area contributed by atoms with Gasteiger partial charge in [-0.1, -0.05) is 37.0 Å². The molecule has 0 heterocycles. The maximum absolute atomic E-state index is 5.19. The topological polar surface area (TPSA) is 18.5 Å². The second-order valence-corrected chi connectivity index (χ2v) is 3.82. The van der Waals surface area contributed by atoms with E-state index in [1.165, 1.54) is 19.3 Å². The van der Waals surface area contributed by atoms with Gasteiger partial charge < -0.3 is 9.47 Å². The molecule has 98 valence electrons. The van der Waals surface area contributed by atoms with Crippen LogP contribution in [0, 0.1) is 36.5 Å². The summed E-state index contributed by atoms with van der Waals surface area (Å²) in [5, 5.41) is 0. The first-order valence-corrected chi connectivity index (χ1v) is 6.40. The third-order valence-corrected chi connectivity index (χ3v) is 2.26. The minimum absolute atomic E-state index is 0.344. The summed E-state index contributed by atoms with van der Waals surface area (Å²) >= 11 is 0. The third kappa shape index (κ3) is 14.6. The maximum atomic E-state index is 5.19. The Kier molecular flexibility index (Phi) is 14.4. The molecule has 0 aliphatic carbocycles. The fourth-order valence-corrected chi connectivity index (χ4v) is 1.38. The lowest BCUT2D eigenvalue weighted by atomic mass is 10.1. The quantitative estimate of drug-likeness (QED) is 0.436. The van der Waals surface area contributed by atoms with Gasteiger partial charge in [-0.25, -0.2) is 0 Å². The van der Waals surface area contributed by atoms with Crippen LogP contribution in [0.5, 0.6) is 0 Å². The molecular formula is C16H22O2. The zero-order valence-corrected chi connectivity index (χ0v) is 11.0. The molecule has 0 N–H and O–H groups in total. The minimum atomic E-state index is 0.344. The van der Waals surface area contributed by atoms with Gasteiger partial charge >= 0.3 is 0 Å². The summed E-state index contributed by atoms with van der Waals surface area (Å²) in [6.45, 7) is 1.99. The molecule has 0 aromatic heterocycles. The molecule has 0 rings (SSSR count). The number of rotatable bonds is 10. The first kappa shape index (κ1) is 16.6. The van der Waals surface area contributed by atoms with E-state index in [0.29, 0.717) is 19.8 Å². The van der Waals surface area contributed by atoms with Crippen molar-refractivity contribution >= 4 is 0 Å². The normalized spacial score (nSPS) is 9.00. The Morgan fingerprint density at radius 1 is 0.667 bits per heavy atom. The van der Waals surface area contributed by atoms with Gasteiger partial charge in [-0.15, -0.1) is 18.8 Å².